The summed E-state index contributed by atoms with van der Waals surface area (Å²) in [6.07, 6.45) is 3.17. The van der Waals surface area contributed by atoms with Gasteiger partial charge in [-0.25, -0.2) is 0 Å². The van der Waals surface area contributed by atoms with Gasteiger partial charge in [-0.15, -0.1) is 24.0 Å². The average molecular weight is 543 g/mol. The highest BCUT2D eigenvalue weighted by atomic mass is 127. The number of aliphatic imine (C=N–C) groups is 1. The molecule has 0 aliphatic carbocycles. The van der Waals surface area contributed by atoms with Crippen molar-refractivity contribution in [3.8, 4) is 5.75 Å². The van der Waals surface area contributed by atoms with Crippen LogP contribution in [0.15, 0.2) is 29.3 Å². The fraction of sp³-hybridized carbons (Fsp3) is 0.652. The number of para-hydroxylation sites is 1. The van der Waals surface area contributed by atoms with Crippen molar-refractivity contribution < 1.29 is 9.53 Å². The van der Waals surface area contributed by atoms with Crippen LogP contribution in [0.4, 0.5) is 0 Å². The van der Waals surface area contributed by atoms with E-state index in [1.165, 1.54) is 5.56 Å². The molecule has 0 saturated carbocycles. The lowest BCUT2D eigenvalue weighted by molar-refractivity contribution is -0.135. The molecule has 0 aromatic heterocycles. The maximum absolute atomic E-state index is 12.7. The number of halogens is 1. The molecule has 31 heavy (non-hydrogen) atoms. The van der Waals surface area contributed by atoms with Gasteiger partial charge in [-0.1, -0.05) is 18.2 Å². The van der Waals surface area contributed by atoms with Crippen molar-refractivity contribution in [1.82, 2.24) is 20.0 Å². The first-order valence-electron chi connectivity index (χ1n) is 11.3. The first-order valence-corrected chi connectivity index (χ1v) is 11.3. The molecule has 0 spiro atoms. The number of benzene rings is 1. The molecule has 1 aromatic carbocycles. The maximum Gasteiger partial charge on any atom is 0.239 e. The van der Waals surface area contributed by atoms with Gasteiger partial charge in [-0.3, -0.25) is 14.7 Å². The van der Waals surface area contributed by atoms with Crippen LogP contribution in [0, 0.1) is 0 Å². The zero-order valence-electron chi connectivity index (χ0n) is 19.2. The molecule has 174 valence electrons. The second-order valence-electron chi connectivity index (χ2n) is 8.00. The Morgan fingerprint density at radius 2 is 1.77 bits per heavy atom. The summed E-state index contributed by atoms with van der Waals surface area (Å²) in [6, 6.07) is 8.17. The first kappa shape index (κ1) is 25.7. The van der Waals surface area contributed by atoms with Gasteiger partial charge in [0.25, 0.3) is 0 Å². The van der Waals surface area contributed by atoms with Gasteiger partial charge in [0.05, 0.1) is 12.6 Å². The monoisotopic (exact) mass is 543 g/mol. The number of nitrogens with zero attached hydrogens (tertiary/aromatic N) is 4. The third kappa shape index (κ3) is 6.97. The number of likely N-dealkylation sites (tertiary alicyclic amines) is 1. The third-order valence-electron chi connectivity index (χ3n) is 6.10. The Kier molecular flexibility index (Phi) is 10.9. The summed E-state index contributed by atoms with van der Waals surface area (Å²) in [5.41, 5.74) is 1.21. The highest BCUT2D eigenvalue weighted by Crippen LogP contribution is 2.18. The van der Waals surface area contributed by atoms with E-state index in [0.717, 1.165) is 76.8 Å². The van der Waals surface area contributed by atoms with E-state index in [1.54, 1.807) is 0 Å². The largest absolute Gasteiger partial charge is 0.494 e. The fourth-order valence-electron chi connectivity index (χ4n) is 4.33. The molecule has 2 saturated heterocycles. The molecule has 2 fully saturated rings. The van der Waals surface area contributed by atoms with Crippen LogP contribution in [0.1, 0.15) is 32.3 Å². The van der Waals surface area contributed by atoms with Crippen LogP contribution in [-0.2, 0) is 11.2 Å². The molecule has 2 heterocycles. The number of nitrogens with one attached hydrogen (secondary N) is 1. The SMILES string of the molecule is CCOc1ccccc1CCNC(=NC)N1CCN(C(C)C(=O)N2CCCC2)CC1.I. The second kappa shape index (κ2) is 13.1. The Balaban J connectivity index is 0.00000341. The lowest BCUT2D eigenvalue weighted by Crippen LogP contribution is -2.57. The summed E-state index contributed by atoms with van der Waals surface area (Å²) >= 11 is 0. The molecule has 2 aliphatic rings. The van der Waals surface area contributed by atoms with Gasteiger partial charge in [0.15, 0.2) is 5.96 Å². The number of guanidine groups is 1. The van der Waals surface area contributed by atoms with E-state index < -0.39 is 0 Å². The number of ether oxygens (including phenoxy) is 1. The van der Waals surface area contributed by atoms with Gasteiger partial charge in [0.2, 0.25) is 5.91 Å². The number of hydrogen-bond donors (Lipinski definition) is 1. The Hall–Kier alpha value is -1.55. The van der Waals surface area contributed by atoms with Crippen LogP contribution >= 0.6 is 24.0 Å². The third-order valence-corrected chi connectivity index (χ3v) is 6.10. The van der Waals surface area contributed by atoms with Crippen molar-refractivity contribution in [2.45, 2.75) is 39.2 Å². The molecule has 1 aromatic rings. The lowest BCUT2D eigenvalue weighted by atomic mass is 10.1. The van der Waals surface area contributed by atoms with Crippen molar-refractivity contribution in [2.75, 3.05) is 59.5 Å². The predicted molar refractivity (Wildman–Crippen MR) is 137 cm³/mol. The van der Waals surface area contributed by atoms with Crippen molar-refractivity contribution in [1.29, 1.82) is 0 Å². The standard InChI is InChI=1S/C23H37N5O2.HI/c1-4-30-21-10-6-5-9-20(21)11-12-25-23(24-3)28-17-15-26(16-18-28)19(2)22(29)27-13-7-8-14-27;/h5-6,9-10,19H,4,7-8,11-18H2,1-3H3,(H,24,25);1H. The highest BCUT2D eigenvalue weighted by molar-refractivity contribution is 14.0. The van der Waals surface area contributed by atoms with Crippen molar-refractivity contribution in [3.63, 3.8) is 0 Å². The van der Waals surface area contributed by atoms with Crippen molar-refractivity contribution >= 4 is 35.8 Å². The summed E-state index contributed by atoms with van der Waals surface area (Å²) in [7, 11) is 1.84. The molecule has 0 bridgehead atoms. The first-order chi connectivity index (χ1) is 14.6. The van der Waals surface area contributed by atoms with Crippen molar-refractivity contribution in [3.05, 3.63) is 29.8 Å². The van der Waals surface area contributed by atoms with E-state index in [-0.39, 0.29) is 35.9 Å². The van der Waals surface area contributed by atoms with Crippen LogP contribution in [-0.4, -0.2) is 92.1 Å². The minimum atomic E-state index is -0.0321. The minimum Gasteiger partial charge on any atom is -0.494 e. The van der Waals surface area contributed by atoms with Crippen LogP contribution < -0.4 is 10.1 Å². The number of hydrogen-bond acceptors (Lipinski definition) is 4. The molecule has 2 aliphatic heterocycles. The van der Waals surface area contributed by atoms with E-state index in [0.29, 0.717) is 6.61 Å². The number of carbonyl (C=O) groups is 1. The minimum absolute atomic E-state index is 0. The quantitative estimate of drug-likeness (QED) is 0.326. The molecular formula is C23H38IN5O2. The zero-order valence-corrected chi connectivity index (χ0v) is 21.5. The van der Waals surface area contributed by atoms with Crippen LogP contribution in [0.25, 0.3) is 0 Å². The van der Waals surface area contributed by atoms with Crippen molar-refractivity contribution in [2.24, 2.45) is 4.99 Å². The molecular weight excluding hydrogens is 505 g/mol. The number of piperazine rings is 1. The molecule has 1 amide bonds. The van der Waals surface area contributed by atoms with Gasteiger partial charge in [0, 0.05) is 52.9 Å². The smallest absolute Gasteiger partial charge is 0.239 e. The molecule has 0 radical (unpaired) electrons. The number of carbonyl (C=O) groups excluding carboxylic acids is 1. The van der Waals surface area contributed by atoms with E-state index in [1.807, 2.05) is 31.0 Å². The molecule has 1 N–H and O–H groups in total. The summed E-state index contributed by atoms with van der Waals surface area (Å²) in [5.74, 6) is 2.18. The summed E-state index contributed by atoms with van der Waals surface area (Å²) in [5, 5.41) is 3.50. The van der Waals surface area contributed by atoms with Crippen LogP contribution in [0.5, 0.6) is 5.75 Å². The molecule has 3 rings (SSSR count). The van der Waals surface area contributed by atoms with E-state index in [9.17, 15) is 4.79 Å². The fourth-order valence-corrected chi connectivity index (χ4v) is 4.33. The van der Waals surface area contributed by atoms with Gasteiger partial charge in [-0.05, 0) is 44.7 Å². The zero-order chi connectivity index (χ0) is 21.3. The predicted octanol–water partition coefficient (Wildman–Crippen LogP) is 2.45. The van der Waals surface area contributed by atoms with Gasteiger partial charge in [0.1, 0.15) is 5.75 Å². The van der Waals surface area contributed by atoms with Crippen LogP contribution in [0.3, 0.4) is 0 Å². The van der Waals surface area contributed by atoms with Gasteiger partial charge < -0.3 is 19.9 Å². The summed E-state index contributed by atoms with van der Waals surface area (Å²) in [6.45, 7) is 10.9. The lowest BCUT2D eigenvalue weighted by Gasteiger charge is -2.39. The topological polar surface area (TPSA) is 60.4 Å². The highest BCUT2D eigenvalue weighted by Gasteiger charge is 2.30. The average Bonchev–Trinajstić information content (AvgIpc) is 3.32. The summed E-state index contributed by atoms with van der Waals surface area (Å²) < 4.78 is 5.72. The van der Waals surface area contributed by atoms with E-state index >= 15 is 0 Å². The maximum atomic E-state index is 12.7. The Bertz CT molecular complexity index is 716. The Morgan fingerprint density at radius 3 is 2.42 bits per heavy atom. The molecule has 1 atom stereocenters. The Morgan fingerprint density at radius 1 is 1.10 bits per heavy atom. The van der Waals surface area contributed by atoms with E-state index in [4.69, 9.17) is 4.74 Å². The number of amides is 1. The van der Waals surface area contributed by atoms with E-state index in [2.05, 4.69) is 39.2 Å². The second-order valence-corrected chi connectivity index (χ2v) is 8.00. The van der Waals surface area contributed by atoms with Gasteiger partial charge in [-0.2, -0.15) is 0 Å². The Labute approximate surface area is 204 Å². The molecule has 7 nitrogen and oxygen atoms in total. The van der Waals surface area contributed by atoms with Gasteiger partial charge >= 0.3 is 0 Å². The summed E-state index contributed by atoms with van der Waals surface area (Å²) in [4.78, 5) is 23.8. The normalized spacial score (nSPS) is 18.5. The molecule has 8 heteroatoms. The molecule has 1 unspecified atom stereocenters. The number of rotatable bonds is 7. The van der Waals surface area contributed by atoms with Crippen LogP contribution in [0.2, 0.25) is 0 Å².